The first-order valence-electron chi connectivity index (χ1n) is 6.68. The van der Waals surface area contributed by atoms with Crippen LogP contribution in [0.1, 0.15) is 27.0 Å². The zero-order valence-electron chi connectivity index (χ0n) is 12.0. The van der Waals surface area contributed by atoms with Gasteiger partial charge in [-0.1, -0.05) is 12.1 Å². The van der Waals surface area contributed by atoms with E-state index >= 15 is 0 Å². The zero-order valence-corrected chi connectivity index (χ0v) is 12.0. The van der Waals surface area contributed by atoms with Gasteiger partial charge in [0.2, 0.25) is 0 Å². The van der Waals surface area contributed by atoms with Crippen molar-refractivity contribution >= 4 is 5.78 Å². The summed E-state index contributed by atoms with van der Waals surface area (Å²) < 4.78 is 15.8. The highest BCUT2D eigenvalue weighted by Gasteiger charge is 2.16. The van der Waals surface area contributed by atoms with Crippen molar-refractivity contribution in [2.24, 2.45) is 0 Å². The Morgan fingerprint density at radius 1 is 0.905 bits per heavy atom. The smallest absolute Gasteiger partial charge is 0.193 e. The van der Waals surface area contributed by atoms with Crippen LogP contribution in [-0.4, -0.2) is 20.0 Å². The second kappa shape index (κ2) is 5.58. The lowest BCUT2D eigenvalue weighted by Crippen LogP contribution is -2.03. The zero-order chi connectivity index (χ0) is 14.8. The number of benzene rings is 2. The third kappa shape index (κ3) is 2.62. The van der Waals surface area contributed by atoms with Crippen molar-refractivity contribution < 1.29 is 19.0 Å². The summed E-state index contributed by atoms with van der Waals surface area (Å²) in [5, 5.41) is 0. The van der Waals surface area contributed by atoms with Crippen molar-refractivity contribution in [1.82, 2.24) is 0 Å². The fraction of sp³-hybridized carbons (Fsp3) is 0.235. The van der Waals surface area contributed by atoms with E-state index in [9.17, 15) is 4.79 Å². The van der Waals surface area contributed by atoms with E-state index in [0.717, 1.165) is 11.1 Å². The predicted molar refractivity (Wildman–Crippen MR) is 77.9 cm³/mol. The van der Waals surface area contributed by atoms with Crippen molar-refractivity contribution in [3.05, 3.63) is 58.7 Å². The van der Waals surface area contributed by atoms with Gasteiger partial charge in [0.25, 0.3) is 0 Å². The average Bonchev–Trinajstić information content (AvgIpc) is 3.01. The molecule has 2 aromatic carbocycles. The lowest BCUT2D eigenvalue weighted by atomic mass is 9.99. The normalized spacial score (nSPS) is 12.9. The highest BCUT2D eigenvalue weighted by Crippen LogP contribution is 2.26. The van der Waals surface area contributed by atoms with Gasteiger partial charge in [0.1, 0.15) is 11.5 Å². The molecule has 108 valence electrons. The van der Waals surface area contributed by atoms with E-state index in [-0.39, 0.29) is 5.78 Å². The van der Waals surface area contributed by atoms with Crippen LogP contribution in [0.5, 0.6) is 11.5 Å². The minimum atomic E-state index is -0.0538. The minimum Gasteiger partial charge on any atom is -0.497 e. The summed E-state index contributed by atoms with van der Waals surface area (Å²) in [6.07, 6.45) is 0. The second-order valence-corrected chi connectivity index (χ2v) is 4.91. The molecule has 0 saturated heterocycles. The lowest BCUT2D eigenvalue weighted by Gasteiger charge is -2.08. The van der Waals surface area contributed by atoms with Gasteiger partial charge in [0, 0.05) is 17.2 Å². The molecule has 21 heavy (non-hydrogen) atoms. The molecule has 0 bridgehead atoms. The number of fused-ring (bicyclic) bond motifs is 1. The maximum Gasteiger partial charge on any atom is 0.193 e. The number of carbonyl (C=O) groups is 1. The monoisotopic (exact) mass is 284 g/mol. The number of carbonyl (C=O) groups excluding carboxylic acids is 1. The Balaban J connectivity index is 1.98. The number of rotatable bonds is 4. The van der Waals surface area contributed by atoms with Crippen molar-refractivity contribution in [3.63, 3.8) is 0 Å². The van der Waals surface area contributed by atoms with E-state index in [1.807, 2.05) is 18.2 Å². The Hall–Kier alpha value is -2.33. The molecule has 0 radical (unpaired) electrons. The fourth-order valence-corrected chi connectivity index (χ4v) is 2.42. The van der Waals surface area contributed by atoms with Crippen LogP contribution in [0.4, 0.5) is 0 Å². The van der Waals surface area contributed by atoms with E-state index in [4.69, 9.17) is 14.2 Å². The van der Waals surface area contributed by atoms with Gasteiger partial charge in [-0.3, -0.25) is 4.79 Å². The van der Waals surface area contributed by atoms with Gasteiger partial charge in [-0.2, -0.15) is 0 Å². The number of hydrogen-bond acceptors (Lipinski definition) is 4. The molecule has 3 rings (SSSR count). The molecule has 0 N–H and O–H groups in total. The van der Waals surface area contributed by atoms with Crippen LogP contribution in [0.25, 0.3) is 0 Å². The topological polar surface area (TPSA) is 44.8 Å². The maximum absolute atomic E-state index is 12.6. The summed E-state index contributed by atoms with van der Waals surface area (Å²) in [5.74, 6) is 1.14. The summed E-state index contributed by atoms with van der Waals surface area (Å²) in [6.45, 7) is 1.19. The number of methoxy groups -OCH3 is 2. The van der Waals surface area contributed by atoms with Gasteiger partial charge in [-0.05, 0) is 29.3 Å². The summed E-state index contributed by atoms with van der Waals surface area (Å²) >= 11 is 0. The van der Waals surface area contributed by atoms with E-state index < -0.39 is 0 Å². The molecule has 0 spiro atoms. The van der Waals surface area contributed by atoms with Crippen LogP contribution in [0, 0.1) is 0 Å². The average molecular weight is 284 g/mol. The molecule has 4 heteroatoms. The molecule has 0 atom stereocenters. The van der Waals surface area contributed by atoms with Crippen LogP contribution < -0.4 is 9.47 Å². The molecule has 0 saturated carbocycles. The Morgan fingerprint density at radius 3 is 2.24 bits per heavy atom. The third-order valence-electron chi connectivity index (χ3n) is 3.60. The largest absolute Gasteiger partial charge is 0.497 e. The van der Waals surface area contributed by atoms with Crippen molar-refractivity contribution in [2.45, 2.75) is 13.2 Å². The van der Waals surface area contributed by atoms with Crippen molar-refractivity contribution in [3.8, 4) is 11.5 Å². The Bertz CT molecular complexity index is 669. The molecule has 1 aliphatic rings. The summed E-state index contributed by atoms with van der Waals surface area (Å²) in [4.78, 5) is 12.6. The highest BCUT2D eigenvalue weighted by molar-refractivity contribution is 6.09. The summed E-state index contributed by atoms with van der Waals surface area (Å²) in [6, 6.07) is 10.9. The number of ketones is 1. The molecule has 4 nitrogen and oxygen atoms in total. The van der Waals surface area contributed by atoms with Crippen LogP contribution in [0.2, 0.25) is 0 Å². The second-order valence-electron chi connectivity index (χ2n) is 4.91. The Labute approximate surface area is 123 Å². The van der Waals surface area contributed by atoms with Crippen LogP contribution in [0.15, 0.2) is 36.4 Å². The van der Waals surface area contributed by atoms with Gasteiger partial charge in [0.15, 0.2) is 5.78 Å². The number of ether oxygens (including phenoxy) is 3. The van der Waals surface area contributed by atoms with Gasteiger partial charge >= 0.3 is 0 Å². The first-order chi connectivity index (χ1) is 10.2. The predicted octanol–water partition coefficient (Wildman–Crippen LogP) is 2.97. The van der Waals surface area contributed by atoms with Crippen LogP contribution in [-0.2, 0) is 18.0 Å². The highest BCUT2D eigenvalue weighted by atomic mass is 16.5. The van der Waals surface area contributed by atoms with Crippen LogP contribution in [0.3, 0.4) is 0 Å². The van der Waals surface area contributed by atoms with E-state index in [2.05, 4.69) is 0 Å². The molecule has 1 aliphatic heterocycles. The molecule has 0 aromatic heterocycles. The van der Waals surface area contributed by atoms with Gasteiger partial charge in [-0.25, -0.2) is 0 Å². The van der Waals surface area contributed by atoms with E-state index in [0.29, 0.717) is 35.8 Å². The SMILES string of the molecule is COc1cc(OC)cc(C(=O)c2ccc3c(c2)COC3)c1. The van der Waals surface area contributed by atoms with Crippen LogP contribution >= 0.6 is 0 Å². The van der Waals surface area contributed by atoms with Gasteiger partial charge in [0.05, 0.1) is 27.4 Å². The molecule has 2 aromatic rings. The molecule has 0 amide bonds. The first-order valence-corrected chi connectivity index (χ1v) is 6.68. The quantitative estimate of drug-likeness (QED) is 0.810. The molecule has 0 unspecified atom stereocenters. The lowest BCUT2D eigenvalue weighted by molar-refractivity contribution is 0.103. The van der Waals surface area contributed by atoms with E-state index in [1.54, 1.807) is 32.4 Å². The van der Waals surface area contributed by atoms with E-state index in [1.165, 1.54) is 0 Å². The summed E-state index contributed by atoms with van der Waals surface area (Å²) in [7, 11) is 3.13. The third-order valence-corrected chi connectivity index (χ3v) is 3.60. The molecular weight excluding hydrogens is 268 g/mol. The minimum absolute atomic E-state index is 0.0538. The van der Waals surface area contributed by atoms with Gasteiger partial charge in [-0.15, -0.1) is 0 Å². The van der Waals surface area contributed by atoms with Gasteiger partial charge < -0.3 is 14.2 Å². The molecule has 1 heterocycles. The van der Waals surface area contributed by atoms with Crippen molar-refractivity contribution in [1.29, 1.82) is 0 Å². The molecule has 0 aliphatic carbocycles. The summed E-state index contributed by atoms with van der Waals surface area (Å²) in [5.41, 5.74) is 3.42. The van der Waals surface area contributed by atoms with Crippen molar-refractivity contribution in [2.75, 3.05) is 14.2 Å². The Kier molecular flexibility index (Phi) is 3.62. The first kappa shape index (κ1) is 13.6. The number of hydrogen-bond donors (Lipinski definition) is 0. The Morgan fingerprint density at radius 2 is 1.57 bits per heavy atom. The molecular formula is C17H16O4. The fourth-order valence-electron chi connectivity index (χ4n) is 2.42. The maximum atomic E-state index is 12.6. The molecule has 0 fully saturated rings. The standard InChI is InChI=1S/C17H16O4/c1-19-15-6-13(7-16(8-15)20-2)17(18)11-3-4-12-9-21-10-14(12)5-11/h3-8H,9-10H2,1-2H3.